The van der Waals surface area contributed by atoms with Crippen LogP contribution in [0.25, 0.3) is 0 Å². The Morgan fingerprint density at radius 2 is 1.81 bits per heavy atom. The molecular weight excluding hydrogens is 264 g/mol. The molecule has 0 fully saturated rings. The Balaban J connectivity index is 2.85. The monoisotopic (exact) mass is 284 g/mol. The summed E-state index contributed by atoms with van der Waals surface area (Å²) in [5.41, 5.74) is 1.30. The summed E-state index contributed by atoms with van der Waals surface area (Å²) in [4.78, 5) is 0.525. The number of ether oxygens (including phenoxy) is 1. The van der Waals surface area contributed by atoms with Crippen molar-refractivity contribution in [3.8, 4) is 5.75 Å². The van der Waals surface area contributed by atoms with E-state index in [9.17, 15) is 0 Å². The standard InChI is InChI=1S/C14H21BrO/c1-10(2)13(11(3)15)9-12-7-5-6-8-14(12)16-4/h5-8,10-11,13H,9H2,1-4H3. The Morgan fingerprint density at radius 1 is 1.19 bits per heavy atom. The van der Waals surface area contributed by atoms with Crippen molar-refractivity contribution in [2.45, 2.75) is 32.0 Å². The molecule has 0 aliphatic heterocycles. The lowest BCUT2D eigenvalue weighted by atomic mass is 9.87. The number of hydrogen-bond donors (Lipinski definition) is 0. The molecule has 0 aliphatic carbocycles. The molecular formula is C14H21BrO. The van der Waals surface area contributed by atoms with Crippen molar-refractivity contribution < 1.29 is 4.74 Å². The lowest BCUT2D eigenvalue weighted by Gasteiger charge is -2.24. The molecule has 0 saturated carbocycles. The number of methoxy groups -OCH3 is 1. The van der Waals surface area contributed by atoms with Crippen molar-refractivity contribution in [2.24, 2.45) is 11.8 Å². The minimum atomic E-state index is 0.525. The van der Waals surface area contributed by atoms with Crippen LogP contribution in [0.4, 0.5) is 0 Å². The van der Waals surface area contributed by atoms with Crippen molar-refractivity contribution >= 4 is 15.9 Å². The van der Waals surface area contributed by atoms with Crippen molar-refractivity contribution in [2.75, 3.05) is 7.11 Å². The molecule has 0 radical (unpaired) electrons. The molecule has 16 heavy (non-hydrogen) atoms. The molecule has 1 nitrogen and oxygen atoms in total. The van der Waals surface area contributed by atoms with E-state index in [0.29, 0.717) is 16.7 Å². The van der Waals surface area contributed by atoms with Gasteiger partial charge in [0.1, 0.15) is 5.75 Å². The molecule has 0 amide bonds. The summed E-state index contributed by atoms with van der Waals surface area (Å²) < 4.78 is 5.39. The van der Waals surface area contributed by atoms with Gasteiger partial charge in [0.15, 0.2) is 0 Å². The molecule has 90 valence electrons. The average Bonchev–Trinajstić information content (AvgIpc) is 2.25. The third kappa shape index (κ3) is 3.51. The summed E-state index contributed by atoms with van der Waals surface area (Å²) in [5.74, 6) is 2.30. The Hall–Kier alpha value is -0.500. The average molecular weight is 285 g/mol. The molecule has 0 N–H and O–H groups in total. The highest BCUT2D eigenvalue weighted by Crippen LogP contribution is 2.29. The minimum absolute atomic E-state index is 0.525. The maximum absolute atomic E-state index is 5.39. The van der Waals surface area contributed by atoms with Crippen LogP contribution in [-0.2, 0) is 6.42 Å². The van der Waals surface area contributed by atoms with Gasteiger partial charge in [0, 0.05) is 4.83 Å². The van der Waals surface area contributed by atoms with E-state index in [4.69, 9.17) is 4.74 Å². The van der Waals surface area contributed by atoms with Crippen LogP contribution in [0.3, 0.4) is 0 Å². The molecule has 2 atom stereocenters. The van der Waals surface area contributed by atoms with Gasteiger partial charge in [0.2, 0.25) is 0 Å². The van der Waals surface area contributed by atoms with E-state index in [1.54, 1.807) is 7.11 Å². The molecule has 0 saturated heterocycles. The Labute approximate surface area is 107 Å². The van der Waals surface area contributed by atoms with E-state index in [1.807, 2.05) is 12.1 Å². The van der Waals surface area contributed by atoms with Crippen LogP contribution in [0.2, 0.25) is 0 Å². The summed E-state index contributed by atoms with van der Waals surface area (Å²) in [6.45, 7) is 6.77. The zero-order valence-corrected chi connectivity index (χ0v) is 12.1. The molecule has 2 unspecified atom stereocenters. The first-order chi connectivity index (χ1) is 7.56. The quantitative estimate of drug-likeness (QED) is 0.733. The van der Waals surface area contributed by atoms with E-state index in [0.717, 1.165) is 12.2 Å². The molecule has 1 aromatic carbocycles. The van der Waals surface area contributed by atoms with Gasteiger partial charge in [0.05, 0.1) is 7.11 Å². The summed E-state index contributed by atoms with van der Waals surface area (Å²) in [6, 6.07) is 8.29. The van der Waals surface area contributed by atoms with Crippen LogP contribution in [0.5, 0.6) is 5.75 Å². The van der Waals surface area contributed by atoms with Crippen molar-refractivity contribution in [1.29, 1.82) is 0 Å². The van der Waals surface area contributed by atoms with Gasteiger partial charge in [-0.3, -0.25) is 0 Å². The van der Waals surface area contributed by atoms with E-state index < -0.39 is 0 Å². The van der Waals surface area contributed by atoms with Gasteiger partial charge in [0.25, 0.3) is 0 Å². The van der Waals surface area contributed by atoms with Crippen LogP contribution in [0.15, 0.2) is 24.3 Å². The number of alkyl halides is 1. The molecule has 0 bridgehead atoms. The Kier molecular flexibility index (Phi) is 5.33. The molecule has 0 aromatic heterocycles. The van der Waals surface area contributed by atoms with Gasteiger partial charge < -0.3 is 4.74 Å². The van der Waals surface area contributed by atoms with Gasteiger partial charge in [-0.25, -0.2) is 0 Å². The van der Waals surface area contributed by atoms with Gasteiger partial charge in [-0.05, 0) is 29.9 Å². The van der Waals surface area contributed by atoms with Crippen molar-refractivity contribution in [3.05, 3.63) is 29.8 Å². The summed E-state index contributed by atoms with van der Waals surface area (Å²) >= 11 is 3.70. The van der Waals surface area contributed by atoms with Gasteiger partial charge in [-0.1, -0.05) is 54.9 Å². The molecule has 0 aliphatic rings. The molecule has 1 aromatic rings. The second-order valence-corrected chi connectivity index (χ2v) is 6.05. The van der Waals surface area contributed by atoms with Crippen LogP contribution in [0.1, 0.15) is 26.3 Å². The first-order valence-corrected chi connectivity index (χ1v) is 6.73. The lowest BCUT2D eigenvalue weighted by Crippen LogP contribution is -2.20. The predicted octanol–water partition coefficient (Wildman–Crippen LogP) is 4.29. The van der Waals surface area contributed by atoms with E-state index in [1.165, 1.54) is 5.56 Å². The fraction of sp³-hybridized carbons (Fsp3) is 0.571. The SMILES string of the molecule is COc1ccccc1CC(C(C)C)C(C)Br. The fourth-order valence-corrected chi connectivity index (χ4v) is 2.85. The Bertz CT molecular complexity index is 312. The number of hydrogen-bond acceptors (Lipinski definition) is 1. The molecule has 0 spiro atoms. The topological polar surface area (TPSA) is 9.23 Å². The maximum atomic E-state index is 5.39. The number of halogens is 1. The van der Waals surface area contributed by atoms with Crippen LogP contribution < -0.4 is 4.74 Å². The van der Waals surface area contributed by atoms with Crippen molar-refractivity contribution in [3.63, 3.8) is 0 Å². The molecule has 2 heteroatoms. The normalized spacial score (nSPS) is 14.9. The summed E-state index contributed by atoms with van der Waals surface area (Å²) in [6.07, 6.45) is 1.06. The lowest BCUT2D eigenvalue weighted by molar-refractivity contribution is 0.367. The highest BCUT2D eigenvalue weighted by atomic mass is 79.9. The highest BCUT2D eigenvalue weighted by Gasteiger charge is 2.20. The number of rotatable bonds is 5. The van der Waals surface area contributed by atoms with Gasteiger partial charge in [-0.2, -0.15) is 0 Å². The summed E-state index contributed by atoms with van der Waals surface area (Å²) in [5, 5.41) is 0. The minimum Gasteiger partial charge on any atom is -0.496 e. The number of benzene rings is 1. The zero-order chi connectivity index (χ0) is 12.1. The second-order valence-electron chi connectivity index (χ2n) is 4.60. The second kappa shape index (κ2) is 6.29. The third-order valence-corrected chi connectivity index (χ3v) is 3.77. The van der Waals surface area contributed by atoms with E-state index in [2.05, 4.69) is 48.8 Å². The molecule has 0 heterocycles. The first kappa shape index (κ1) is 13.6. The largest absolute Gasteiger partial charge is 0.496 e. The number of para-hydroxylation sites is 1. The van der Waals surface area contributed by atoms with Crippen LogP contribution in [0, 0.1) is 11.8 Å². The van der Waals surface area contributed by atoms with Crippen molar-refractivity contribution in [1.82, 2.24) is 0 Å². The molecule has 1 rings (SSSR count). The van der Waals surface area contributed by atoms with Crippen LogP contribution in [-0.4, -0.2) is 11.9 Å². The fourth-order valence-electron chi connectivity index (χ4n) is 2.05. The van der Waals surface area contributed by atoms with E-state index in [-0.39, 0.29) is 0 Å². The third-order valence-electron chi connectivity index (χ3n) is 3.09. The first-order valence-electron chi connectivity index (χ1n) is 5.82. The van der Waals surface area contributed by atoms with Crippen LogP contribution >= 0.6 is 15.9 Å². The van der Waals surface area contributed by atoms with Gasteiger partial charge in [-0.15, -0.1) is 0 Å². The van der Waals surface area contributed by atoms with E-state index >= 15 is 0 Å². The predicted molar refractivity (Wildman–Crippen MR) is 73.4 cm³/mol. The Morgan fingerprint density at radius 3 is 2.31 bits per heavy atom. The summed E-state index contributed by atoms with van der Waals surface area (Å²) in [7, 11) is 1.74. The zero-order valence-electron chi connectivity index (χ0n) is 10.5. The highest BCUT2D eigenvalue weighted by molar-refractivity contribution is 9.09. The van der Waals surface area contributed by atoms with Gasteiger partial charge >= 0.3 is 0 Å². The smallest absolute Gasteiger partial charge is 0.122 e. The maximum Gasteiger partial charge on any atom is 0.122 e.